The van der Waals surface area contributed by atoms with Crippen LogP contribution in [0.1, 0.15) is 6.42 Å². The molecule has 0 atom stereocenters. The van der Waals surface area contributed by atoms with Gasteiger partial charge in [-0.1, -0.05) is 0 Å². The summed E-state index contributed by atoms with van der Waals surface area (Å²) in [6.07, 6.45) is 0.461. The Bertz CT molecular complexity index is 509. The van der Waals surface area contributed by atoms with Crippen molar-refractivity contribution < 1.29 is 21.9 Å². The lowest BCUT2D eigenvalue weighted by molar-refractivity contribution is 0.140. The Morgan fingerprint density at radius 3 is 2.58 bits per heavy atom. The first-order valence-electron chi connectivity index (χ1n) is 5.70. The minimum atomic E-state index is -3.83. The van der Waals surface area contributed by atoms with Crippen LogP contribution in [-0.4, -0.2) is 34.7 Å². The molecule has 1 aromatic rings. The van der Waals surface area contributed by atoms with Crippen molar-refractivity contribution in [2.75, 3.05) is 26.3 Å². The minimum absolute atomic E-state index is 0.145. The van der Waals surface area contributed by atoms with E-state index < -0.39 is 21.7 Å². The maximum atomic E-state index is 12.9. The zero-order valence-electron chi connectivity index (χ0n) is 10.2. The van der Waals surface area contributed by atoms with Crippen molar-refractivity contribution in [1.29, 1.82) is 0 Å². The summed E-state index contributed by atoms with van der Waals surface area (Å²) in [6.45, 7) is 1.33. The Morgan fingerprint density at radius 2 is 1.95 bits per heavy atom. The molecule has 0 saturated heterocycles. The number of sulfonamides is 1. The molecule has 1 rings (SSSR count). The lowest BCUT2D eigenvalue weighted by Crippen LogP contribution is -2.26. The molecular formula is C11H16F2N2O3S. The molecule has 8 heteroatoms. The Morgan fingerprint density at radius 1 is 1.21 bits per heavy atom. The third kappa shape index (κ3) is 5.19. The van der Waals surface area contributed by atoms with Gasteiger partial charge in [0.2, 0.25) is 10.0 Å². The van der Waals surface area contributed by atoms with E-state index in [0.717, 1.165) is 12.1 Å². The molecule has 0 aromatic heterocycles. The lowest BCUT2D eigenvalue weighted by atomic mass is 10.3. The molecule has 0 amide bonds. The molecule has 0 saturated carbocycles. The number of hydrogen-bond acceptors (Lipinski definition) is 4. The van der Waals surface area contributed by atoms with Crippen molar-refractivity contribution in [2.45, 2.75) is 11.3 Å². The van der Waals surface area contributed by atoms with E-state index in [2.05, 4.69) is 4.72 Å². The van der Waals surface area contributed by atoms with Crippen molar-refractivity contribution in [1.82, 2.24) is 4.72 Å². The molecule has 0 radical (unpaired) electrons. The van der Waals surface area contributed by atoms with Crippen molar-refractivity contribution in [3.63, 3.8) is 0 Å². The first-order chi connectivity index (χ1) is 8.97. The van der Waals surface area contributed by atoms with Gasteiger partial charge in [0.05, 0.1) is 11.5 Å². The third-order valence-electron chi connectivity index (χ3n) is 2.22. The molecule has 0 fully saturated rings. The molecule has 0 aliphatic heterocycles. The van der Waals surface area contributed by atoms with Gasteiger partial charge in [0.1, 0.15) is 0 Å². The highest BCUT2D eigenvalue weighted by Gasteiger charge is 2.15. The quantitative estimate of drug-likeness (QED) is 0.688. The molecule has 0 bridgehead atoms. The molecule has 0 heterocycles. The molecule has 0 aliphatic rings. The van der Waals surface area contributed by atoms with E-state index in [0.29, 0.717) is 32.2 Å². The minimum Gasteiger partial charge on any atom is -0.380 e. The molecule has 5 nitrogen and oxygen atoms in total. The number of benzene rings is 1. The largest absolute Gasteiger partial charge is 0.380 e. The van der Waals surface area contributed by atoms with E-state index in [1.54, 1.807) is 0 Å². The Labute approximate surface area is 110 Å². The van der Waals surface area contributed by atoms with Crippen LogP contribution in [0.25, 0.3) is 0 Å². The fraction of sp³-hybridized carbons (Fsp3) is 0.455. The summed E-state index contributed by atoms with van der Waals surface area (Å²) in [5.74, 6) is -2.29. The summed E-state index contributed by atoms with van der Waals surface area (Å²) in [5, 5.41) is 0. The topological polar surface area (TPSA) is 81.4 Å². The maximum Gasteiger partial charge on any atom is 0.240 e. The summed E-state index contributed by atoms with van der Waals surface area (Å²) in [5.41, 5.74) is 5.21. The molecule has 19 heavy (non-hydrogen) atoms. The first kappa shape index (κ1) is 16.0. The fourth-order valence-electron chi connectivity index (χ4n) is 1.29. The number of halogens is 2. The normalized spacial score (nSPS) is 11.7. The van der Waals surface area contributed by atoms with Crippen molar-refractivity contribution >= 4 is 10.0 Å². The summed E-state index contributed by atoms with van der Waals surface area (Å²) in [4.78, 5) is -0.311. The highest BCUT2D eigenvalue weighted by atomic mass is 32.2. The standard InChI is InChI=1S/C11H16F2N2O3S/c12-10-3-2-9(8-11(10)13)19(16,17)15-5-1-6-18-7-4-14/h2-3,8,15H,1,4-7,14H2. The van der Waals surface area contributed by atoms with E-state index >= 15 is 0 Å². The van der Waals surface area contributed by atoms with Gasteiger partial charge in [0.15, 0.2) is 11.6 Å². The summed E-state index contributed by atoms with van der Waals surface area (Å²) in [7, 11) is -3.83. The van der Waals surface area contributed by atoms with Crippen LogP contribution in [0.2, 0.25) is 0 Å². The molecule has 0 spiro atoms. The number of hydrogen-bond donors (Lipinski definition) is 2. The van der Waals surface area contributed by atoms with Crippen LogP contribution < -0.4 is 10.5 Å². The van der Waals surface area contributed by atoms with Crippen molar-refractivity contribution in [3.8, 4) is 0 Å². The highest BCUT2D eigenvalue weighted by molar-refractivity contribution is 7.89. The number of ether oxygens (including phenoxy) is 1. The van der Waals surface area contributed by atoms with E-state index in [9.17, 15) is 17.2 Å². The Balaban J connectivity index is 2.49. The lowest BCUT2D eigenvalue weighted by Gasteiger charge is -2.07. The molecular weight excluding hydrogens is 278 g/mol. The molecule has 0 unspecified atom stereocenters. The van der Waals surface area contributed by atoms with Crippen LogP contribution in [0, 0.1) is 11.6 Å². The number of nitrogens with one attached hydrogen (secondary N) is 1. The van der Waals surface area contributed by atoms with Crippen LogP contribution >= 0.6 is 0 Å². The van der Waals surface area contributed by atoms with Crippen LogP contribution in [0.15, 0.2) is 23.1 Å². The van der Waals surface area contributed by atoms with Gasteiger partial charge in [0.25, 0.3) is 0 Å². The predicted octanol–water partition coefficient (Wildman–Crippen LogP) is 0.608. The van der Waals surface area contributed by atoms with Crippen LogP contribution in [-0.2, 0) is 14.8 Å². The molecule has 3 N–H and O–H groups in total. The van der Waals surface area contributed by atoms with E-state index in [1.807, 2.05) is 0 Å². The van der Waals surface area contributed by atoms with Gasteiger partial charge in [-0.25, -0.2) is 21.9 Å². The molecule has 0 aliphatic carbocycles. The highest BCUT2D eigenvalue weighted by Crippen LogP contribution is 2.13. The van der Waals surface area contributed by atoms with E-state index in [4.69, 9.17) is 10.5 Å². The zero-order valence-corrected chi connectivity index (χ0v) is 11.1. The Hall–Kier alpha value is -1.09. The molecule has 1 aromatic carbocycles. The van der Waals surface area contributed by atoms with Gasteiger partial charge in [-0.15, -0.1) is 0 Å². The number of nitrogens with two attached hydrogens (primary N) is 1. The zero-order chi connectivity index (χ0) is 14.3. The van der Waals surface area contributed by atoms with Crippen LogP contribution in [0.5, 0.6) is 0 Å². The van der Waals surface area contributed by atoms with Gasteiger partial charge in [-0.2, -0.15) is 0 Å². The third-order valence-corrected chi connectivity index (χ3v) is 3.68. The van der Waals surface area contributed by atoms with Crippen molar-refractivity contribution in [2.24, 2.45) is 5.73 Å². The fourth-order valence-corrected chi connectivity index (χ4v) is 2.38. The summed E-state index contributed by atoms with van der Waals surface area (Å²) >= 11 is 0. The van der Waals surface area contributed by atoms with Crippen LogP contribution in [0.4, 0.5) is 8.78 Å². The second-order valence-electron chi connectivity index (χ2n) is 3.73. The smallest absolute Gasteiger partial charge is 0.240 e. The maximum absolute atomic E-state index is 12.9. The molecule has 108 valence electrons. The summed E-state index contributed by atoms with van der Waals surface area (Å²) in [6, 6.07) is 2.42. The van der Waals surface area contributed by atoms with Gasteiger partial charge in [-0.3, -0.25) is 0 Å². The average Bonchev–Trinajstić information content (AvgIpc) is 2.36. The van der Waals surface area contributed by atoms with Gasteiger partial charge in [0, 0.05) is 19.7 Å². The second-order valence-corrected chi connectivity index (χ2v) is 5.50. The SMILES string of the molecule is NCCOCCCNS(=O)(=O)c1ccc(F)c(F)c1. The summed E-state index contributed by atoms with van der Waals surface area (Å²) < 4.78 is 56.4. The van der Waals surface area contributed by atoms with Crippen molar-refractivity contribution in [3.05, 3.63) is 29.8 Å². The van der Waals surface area contributed by atoms with E-state index in [1.165, 1.54) is 0 Å². The van der Waals surface area contributed by atoms with Gasteiger partial charge >= 0.3 is 0 Å². The predicted molar refractivity (Wildman–Crippen MR) is 66.0 cm³/mol. The average molecular weight is 294 g/mol. The Kier molecular flexibility index (Phi) is 6.29. The van der Waals surface area contributed by atoms with Gasteiger partial charge < -0.3 is 10.5 Å². The van der Waals surface area contributed by atoms with E-state index in [-0.39, 0.29) is 11.4 Å². The first-order valence-corrected chi connectivity index (χ1v) is 7.18. The van der Waals surface area contributed by atoms with Crippen LogP contribution in [0.3, 0.4) is 0 Å². The van der Waals surface area contributed by atoms with Gasteiger partial charge in [-0.05, 0) is 24.6 Å². The monoisotopic (exact) mass is 294 g/mol. The number of rotatable bonds is 8. The second kappa shape index (κ2) is 7.49.